The van der Waals surface area contributed by atoms with Crippen molar-refractivity contribution >= 4 is 13.8 Å². The highest BCUT2D eigenvalue weighted by atomic mass is 31.2. The van der Waals surface area contributed by atoms with E-state index in [9.17, 15) is 14.3 Å². The Kier molecular flexibility index (Phi) is 48.2. The molecule has 3 N–H and O–H groups in total. The number of phosphoric acid groups is 1. The van der Waals surface area contributed by atoms with Gasteiger partial charge in [0.2, 0.25) is 0 Å². The molecule has 9 heteroatoms. The van der Waals surface area contributed by atoms with Crippen molar-refractivity contribution in [2.24, 2.45) is 5.73 Å². The van der Waals surface area contributed by atoms with Crippen molar-refractivity contribution in [2.75, 3.05) is 33.0 Å². The number of rotatable bonds is 50. The number of hydrogen-bond donors (Lipinski definition) is 2. The molecule has 0 spiro atoms. The van der Waals surface area contributed by atoms with Gasteiger partial charge in [-0.15, -0.1) is 0 Å². The van der Waals surface area contributed by atoms with Crippen LogP contribution in [0.15, 0.2) is 24.3 Å². The van der Waals surface area contributed by atoms with E-state index in [1.165, 1.54) is 199 Å². The summed E-state index contributed by atoms with van der Waals surface area (Å²) < 4.78 is 33.6. The molecule has 0 aromatic heterocycles. The average Bonchev–Trinajstić information content (AvgIpc) is 3.24. The van der Waals surface area contributed by atoms with E-state index in [-0.39, 0.29) is 32.3 Å². The number of carbonyl (C=O) groups excluding carboxylic acids is 1. The van der Waals surface area contributed by atoms with Crippen molar-refractivity contribution in [1.82, 2.24) is 0 Å². The van der Waals surface area contributed by atoms with Gasteiger partial charge in [-0.05, 0) is 44.9 Å². The molecule has 0 saturated carbocycles. The van der Waals surface area contributed by atoms with E-state index in [0.29, 0.717) is 13.0 Å². The van der Waals surface area contributed by atoms with Gasteiger partial charge in [0, 0.05) is 19.6 Å². The van der Waals surface area contributed by atoms with Gasteiger partial charge in [0.25, 0.3) is 0 Å². The van der Waals surface area contributed by atoms with Crippen LogP contribution < -0.4 is 5.73 Å². The molecule has 0 aliphatic carbocycles. The molecule has 0 rings (SSSR count). The monoisotopic (exact) mass is 870 g/mol. The van der Waals surface area contributed by atoms with Crippen molar-refractivity contribution in [3.05, 3.63) is 24.3 Å². The van der Waals surface area contributed by atoms with Crippen LogP contribution in [0.25, 0.3) is 0 Å². The van der Waals surface area contributed by atoms with Crippen LogP contribution in [0.5, 0.6) is 0 Å². The SMILES string of the molecule is CCCCC/C=C\C/C=C\CCCCCCCCCCCC(=O)OC(COCCCCCCCCCCCCCCCCCCCCCCCC)COP(=O)(O)OCCN. The fraction of sp³-hybridized carbons (Fsp3) is 0.902. The van der Waals surface area contributed by atoms with E-state index in [0.717, 1.165) is 38.5 Å². The minimum Gasteiger partial charge on any atom is -0.457 e. The molecule has 60 heavy (non-hydrogen) atoms. The quantitative estimate of drug-likeness (QED) is 0.0269. The van der Waals surface area contributed by atoms with Crippen LogP contribution in [0, 0.1) is 0 Å². The maximum atomic E-state index is 12.6. The molecule has 2 unspecified atom stereocenters. The maximum absolute atomic E-state index is 12.6. The van der Waals surface area contributed by atoms with E-state index >= 15 is 0 Å². The molecule has 0 amide bonds. The third-order valence-electron chi connectivity index (χ3n) is 11.4. The normalized spacial score (nSPS) is 13.5. The molecule has 8 nitrogen and oxygen atoms in total. The van der Waals surface area contributed by atoms with Gasteiger partial charge in [-0.25, -0.2) is 4.57 Å². The van der Waals surface area contributed by atoms with E-state index in [1.54, 1.807) is 0 Å². The molecule has 0 aliphatic heterocycles. The first kappa shape index (κ1) is 59.0. The highest BCUT2D eigenvalue weighted by Gasteiger charge is 2.25. The van der Waals surface area contributed by atoms with Crippen molar-refractivity contribution in [2.45, 2.75) is 264 Å². The fourth-order valence-electron chi connectivity index (χ4n) is 7.56. The standard InChI is InChI=1S/C51H100NO7P/c1-3-5-7-9-11-13-15-17-19-21-23-24-25-27-29-31-33-35-37-39-41-43-46-56-48-50(49-58-60(54,55)57-47-45-52)59-51(53)44-42-40-38-36-34-32-30-28-26-22-20-18-16-14-12-10-8-6-4-2/h12,14,18,20,50H,3-11,13,15-17,19,21-49,52H2,1-2H3,(H,54,55)/b14-12-,20-18-. The van der Waals surface area contributed by atoms with Crippen LogP contribution in [-0.4, -0.2) is 49.9 Å². The third kappa shape index (κ3) is 48.0. The van der Waals surface area contributed by atoms with E-state index in [4.69, 9.17) is 24.3 Å². The van der Waals surface area contributed by atoms with Gasteiger partial charge in [0.05, 0.1) is 19.8 Å². The molecule has 0 fully saturated rings. The Labute approximate surface area is 372 Å². The summed E-state index contributed by atoms with van der Waals surface area (Å²) in [4.78, 5) is 22.6. The second-order valence-corrected chi connectivity index (χ2v) is 18.8. The van der Waals surface area contributed by atoms with Crippen molar-refractivity contribution in [1.29, 1.82) is 0 Å². The number of unbranched alkanes of at least 4 members (excludes halogenated alkanes) is 33. The van der Waals surface area contributed by atoms with Crippen LogP contribution >= 0.6 is 7.82 Å². The highest BCUT2D eigenvalue weighted by Crippen LogP contribution is 2.43. The number of nitrogens with two attached hydrogens (primary N) is 1. The number of phosphoric ester groups is 1. The Morgan fingerprint density at radius 2 is 0.883 bits per heavy atom. The zero-order valence-electron chi connectivity index (χ0n) is 39.7. The number of hydrogen-bond acceptors (Lipinski definition) is 7. The zero-order chi connectivity index (χ0) is 43.7. The predicted molar refractivity (Wildman–Crippen MR) is 257 cm³/mol. The lowest BCUT2D eigenvalue weighted by Crippen LogP contribution is -2.28. The van der Waals surface area contributed by atoms with Gasteiger partial charge in [0.1, 0.15) is 6.10 Å². The minimum atomic E-state index is -4.28. The number of allylic oxidation sites excluding steroid dienone is 4. The summed E-state index contributed by atoms with van der Waals surface area (Å²) in [5.74, 6) is -0.329. The predicted octanol–water partition coefficient (Wildman–Crippen LogP) is 16.0. The largest absolute Gasteiger partial charge is 0.472 e. The van der Waals surface area contributed by atoms with Crippen LogP contribution in [0.3, 0.4) is 0 Å². The Bertz CT molecular complexity index is 977. The lowest BCUT2D eigenvalue weighted by molar-refractivity contribution is -0.154. The summed E-state index contributed by atoms with van der Waals surface area (Å²) in [6, 6.07) is 0. The second-order valence-electron chi connectivity index (χ2n) is 17.4. The van der Waals surface area contributed by atoms with Crippen LogP contribution in [0.1, 0.15) is 258 Å². The first-order chi connectivity index (χ1) is 29.4. The van der Waals surface area contributed by atoms with E-state index in [1.807, 2.05) is 0 Å². The van der Waals surface area contributed by atoms with Crippen molar-refractivity contribution < 1.29 is 32.8 Å². The fourth-order valence-corrected chi connectivity index (χ4v) is 8.32. The summed E-state index contributed by atoms with van der Waals surface area (Å²) in [5.41, 5.74) is 5.39. The topological polar surface area (TPSA) is 117 Å². The summed E-state index contributed by atoms with van der Waals surface area (Å²) in [7, 11) is -4.28. The summed E-state index contributed by atoms with van der Waals surface area (Å²) in [6.07, 6.45) is 56.4. The van der Waals surface area contributed by atoms with Gasteiger partial charge in [0.15, 0.2) is 0 Å². The van der Waals surface area contributed by atoms with Gasteiger partial charge in [-0.3, -0.25) is 13.8 Å². The first-order valence-electron chi connectivity index (χ1n) is 25.8. The van der Waals surface area contributed by atoms with Crippen LogP contribution in [-0.2, 0) is 27.9 Å². The summed E-state index contributed by atoms with van der Waals surface area (Å²) in [6.45, 7) is 4.95. The van der Waals surface area contributed by atoms with Gasteiger partial charge in [-0.1, -0.05) is 231 Å². The lowest BCUT2D eigenvalue weighted by Gasteiger charge is -2.20. The third-order valence-corrected chi connectivity index (χ3v) is 12.4. The zero-order valence-corrected chi connectivity index (χ0v) is 40.6. The molecule has 2 atom stereocenters. The number of esters is 1. The molecule has 0 radical (unpaired) electrons. The molecule has 0 aliphatic rings. The Balaban J connectivity index is 3.90. The molecular weight excluding hydrogens is 770 g/mol. The molecule has 356 valence electrons. The van der Waals surface area contributed by atoms with E-state index in [2.05, 4.69) is 38.2 Å². The lowest BCUT2D eigenvalue weighted by atomic mass is 10.0. The van der Waals surface area contributed by atoms with Crippen molar-refractivity contribution in [3.63, 3.8) is 0 Å². The Morgan fingerprint density at radius 3 is 1.33 bits per heavy atom. The number of carbonyl (C=O) groups is 1. The van der Waals surface area contributed by atoms with Crippen molar-refractivity contribution in [3.8, 4) is 0 Å². The Hall–Kier alpha value is -1.02. The first-order valence-corrected chi connectivity index (χ1v) is 27.3. The molecule has 0 aromatic carbocycles. The minimum absolute atomic E-state index is 0.0938. The van der Waals surface area contributed by atoms with Gasteiger partial charge < -0.3 is 20.1 Å². The Morgan fingerprint density at radius 1 is 0.500 bits per heavy atom. The molecular formula is C51H100NO7P. The maximum Gasteiger partial charge on any atom is 0.472 e. The highest BCUT2D eigenvalue weighted by molar-refractivity contribution is 7.47. The molecule has 0 bridgehead atoms. The molecule has 0 aromatic rings. The van der Waals surface area contributed by atoms with Crippen LogP contribution in [0.4, 0.5) is 0 Å². The summed E-state index contributed by atoms with van der Waals surface area (Å²) >= 11 is 0. The number of ether oxygens (including phenoxy) is 2. The smallest absolute Gasteiger partial charge is 0.457 e. The summed E-state index contributed by atoms with van der Waals surface area (Å²) in [5, 5.41) is 0. The van der Waals surface area contributed by atoms with Gasteiger partial charge >= 0.3 is 13.8 Å². The molecule has 0 saturated heterocycles. The molecule has 0 heterocycles. The van der Waals surface area contributed by atoms with Gasteiger partial charge in [-0.2, -0.15) is 0 Å². The van der Waals surface area contributed by atoms with E-state index < -0.39 is 13.9 Å². The van der Waals surface area contributed by atoms with Crippen LogP contribution in [0.2, 0.25) is 0 Å². The average molecular weight is 870 g/mol. The second kappa shape index (κ2) is 49.0.